The van der Waals surface area contributed by atoms with Gasteiger partial charge in [0.25, 0.3) is 0 Å². The molecule has 0 aliphatic carbocycles. The number of ether oxygens (including phenoxy) is 1. The molecule has 0 N–H and O–H groups in total. The maximum atomic E-state index is 10.4. The molecule has 10 heavy (non-hydrogen) atoms. The summed E-state index contributed by atoms with van der Waals surface area (Å²) in [6.45, 7) is 1.40. The minimum atomic E-state index is -0.545. The molecule has 0 saturated carbocycles. The first-order valence-corrected chi connectivity index (χ1v) is 3.07. The van der Waals surface area contributed by atoms with Crippen LogP contribution in [0.25, 0.3) is 0 Å². The van der Waals surface area contributed by atoms with E-state index in [0.717, 1.165) is 0 Å². The Morgan fingerprint density at radius 2 is 2.30 bits per heavy atom. The second-order valence-corrected chi connectivity index (χ2v) is 1.56. The van der Waals surface area contributed by atoms with Crippen LogP contribution in [0, 0.1) is 12.0 Å². The Balaban J connectivity index is 3.39. The Bertz CT molecular complexity index is 152. The maximum Gasteiger partial charge on any atom is 0.322 e. The molecule has 0 fully saturated rings. The summed E-state index contributed by atoms with van der Waals surface area (Å²) >= 11 is 0. The van der Waals surface area contributed by atoms with E-state index < -0.39 is 12.6 Å². The molecule has 1 radical (unpaired) electrons. The van der Waals surface area contributed by atoms with Crippen molar-refractivity contribution in [1.29, 1.82) is 0 Å². The third-order valence-corrected chi connectivity index (χ3v) is 0.720. The molecule has 0 unspecified atom stereocenters. The summed E-state index contributed by atoms with van der Waals surface area (Å²) in [7, 11) is 0. The van der Waals surface area contributed by atoms with Crippen molar-refractivity contribution < 1.29 is 14.6 Å². The van der Waals surface area contributed by atoms with Crippen LogP contribution in [-0.2, 0) is 14.6 Å². The summed E-state index contributed by atoms with van der Waals surface area (Å²) in [5.74, 6) is 2.00. The Hall–Kier alpha value is -1.01. The normalized spacial score (nSPS) is 7.80. The third kappa shape index (κ3) is 5.13. The molecule has 0 atom stereocenters. The average molecular weight is 141 g/mol. The fourth-order valence-corrected chi connectivity index (χ4v) is 0.300. The summed E-state index contributed by atoms with van der Waals surface area (Å²) in [5, 5.41) is 9.82. The molecule has 0 rings (SSSR count). The summed E-state index contributed by atoms with van der Waals surface area (Å²) in [6, 6.07) is 0. The van der Waals surface area contributed by atoms with Gasteiger partial charge in [-0.2, -0.15) is 0 Å². The van der Waals surface area contributed by atoms with Crippen LogP contribution in [0.1, 0.15) is 19.8 Å². The molecule has 0 aromatic heterocycles. The molecule has 0 aromatic carbocycles. The monoisotopic (exact) mass is 141 g/mol. The third-order valence-electron chi connectivity index (χ3n) is 0.720. The number of hydrogen-bond acceptors (Lipinski definition) is 2. The predicted molar refractivity (Wildman–Crippen MR) is 34.3 cm³/mol. The van der Waals surface area contributed by atoms with Gasteiger partial charge in [-0.1, -0.05) is 12.8 Å². The highest BCUT2D eigenvalue weighted by atomic mass is 16.5. The van der Waals surface area contributed by atoms with Gasteiger partial charge in [-0.05, 0) is 0 Å². The van der Waals surface area contributed by atoms with E-state index in [4.69, 9.17) is 0 Å². The first-order valence-electron chi connectivity index (χ1n) is 3.07. The van der Waals surface area contributed by atoms with Crippen molar-refractivity contribution in [1.82, 2.24) is 0 Å². The Kier molecular flexibility index (Phi) is 5.50. The van der Waals surface area contributed by atoms with Crippen LogP contribution in [0.15, 0.2) is 0 Å². The van der Waals surface area contributed by atoms with Gasteiger partial charge in [0.15, 0.2) is 0 Å². The van der Waals surface area contributed by atoms with Gasteiger partial charge in [0.2, 0.25) is 0 Å². The highest BCUT2D eigenvalue weighted by molar-refractivity contribution is 5.70. The molecule has 0 aliphatic heterocycles. The van der Waals surface area contributed by atoms with Crippen molar-refractivity contribution in [2.45, 2.75) is 19.8 Å². The molecule has 0 saturated heterocycles. The zero-order chi connectivity index (χ0) is 7.82. The van der Waals surface area contributed by atoms with Crippen LogP contribution in [0.3, 0.4) is 0 Å². The van der Waals surface area contributed by atoms with Gasteiger partial charge in [0.1, 0.15) is 6.11 Å². The lowest BCUT2D eigenvalue weighted by molar-refractivity contribution is -0.137. The lowest BCUT2D eigenvalue weighted by Gasteiger charge is -1.88. The van der Waals surface area contributed by atoms with E-state index in [1.54, 1.807) is 0 Å². The van der Waals surface area contributed by atoms with E-state index in [1.165, 1.54) is 0 Å². The van der Waals surface area contributed by atoms with Crippen molar-refractivity contribution in [3.05, 3.63) is 0 Å². The fourth-order valence-electron chi connectivity index (χ4n) is 0.300. The fraction of sp³-hybridized carbons (Fsp3) is 0.571. The number of carbonyl (C=O) groups is 1. The maximum absolute atomic E-state index is 10.4. The summed E-state index contributed by atoms with van der Waals surface area (Å²) in [5.41, 5.74) is 0. The van der Waals surface area contributed by atoms with Crippen LogP contribution in [0.2, 0.25) is 0 Å². The largest absolute Gasteiger partial charge is 0.372 e. The molecule has 3 heteroatoms. The Labute approximate surface area is 60.0 Å². The number of esters is 1. The molecule has 0 bridgehead atoms. The van der Waals surface area contributed by atoms with Crippen molar-refractivity contribution in [2.24, 2.45) is 0 Å². The second-order valence-electron chi connectivity index (χ2n) is 1.56. The van der Waals surface area contributed by atoms with E-state index in [1.807, 2.05) is 6.92 Å². The standard InChI is InChI=1S/C7H9O3/c1-2-3-6-10-7(9)4-5-8/h2,4-5H2,1H3. The molecule has 3 nitrogen and oxygen atoms in total. The SMILES string of the molecule is CCC#COC(=O)CC[O]. The highest BCUT2D eigenvalue weighted by Gasteiger charge is 1.97. The quantitative estimate of drug-likeness (QED) is 0.420. The van der Waals surface area contributed by atoms with Crippen molar-refractivity contribution in [3.63, 3.8) is 0 Å². The summed E-state index contributed by atoms with van der Waals surface area (Å²) in [6.07, 6.45) is 2.73. The second kappa shape index (κ2) is 6.12. The van der Waals surface area contributed by atoms with Gasteiger partial charge in [0.05, 0.1) is 13.0 Å². The van der Waals surface area contributed by atoms with Gasteiger partial charge in [-0.25, -0.2) is 5.11 Å². The lowest BCUT2D eigenvalue weighted by atomic mass is 10.5. The summed E-state index contributed by atoms with van der Waals surface area (Å²) < 4.78 is 4.32. The number of hydrogen-bond donors (Lipinski definition) is 0. The van der Waals surface area contributed by atoms with E-state index in [2.05, 4.69) is 16.8 Å². The van der Waals surface area contributed by atoms with Gasteiger partial charge >= 0.3 is 5.97 Å². The number of rotatable bonds is 2. The predicted octanol–water partition coefficient (Wildman–Crippen LogP) is 0.721. The van der Waals surface area contributed by atoms with Crippen molar-refractivity contribution in [2.75, 3.05) is 6.61 Å². The van der Waals surface area contributed by atoms with Gasteiger partial charge < -0.3 is 4.74 Å². The number of carbonyl (C=O) groups excluding carboxylic acids is 1. The topological polar surface area (TPSA) is 46.2 Å². The highest BCUT2D eigenvalue weighted by Crippen LogP contribution is 1.82. The molecule has 0 heterocycles. The average Bonchev–Trinajstić information content (AvgIpc) is 1.89. The minimum absolute atomic E-state index is 0.0988. The van der Waals surface area contributed by atoms with E-state index >= 15 is 0 Å². The first kappa shape index (κ1) is 8.99. The summed E-state index contributed by atoms with van der Waals surface area (Å²) in [4.78, 5) is 10.4. The molecule has 55 valence electrons. The molecule has 0 amide bonds. The van der Waals surface area contributed by atoms with Crippen molar-refractivity contribution >= 4 is 5.97 Å². The van der Waals surface area contributed by atoms with Crippen LogP contribution >= 0.6 is 0 Å². The molecular weight excluding hydrogens is 132 g/mol. The van der Waals surface area contributed by atoms with Crippen molar-refractivity contribution in [3.8, 4) is 12.0 Å². The molecular formula is C7H9O3. The van der Waals surface area contributed by atoms with Gasteiger partial charge in [0, 0.05) is 6.42 Å². The van der Waals surface area contributed by atoms with E-state index in [0.29, 0.717) is 6.42 Å². The Morgan fingerprint density at radius 3 is 2.80 bits per heavy atom. The smallest absolute Gasteiger partial charge is 0.322 e. The molecule has 0 aliphatic rings. The lowest BCUT2D eigenvalue weighted by Crippen LogP contribution is -2.01. The van der Waals surface area contributed by atoms with Crippen LogP contribution in [0.5, 0.6) is 0 Å². The van der Waals surface area contributed by atoms with E-state index in [9.17, 15) is 9.90 Å². The zero-order valence-corrected chi connectivity index (χ0v) is 5.85. The van der Waals surface area contributed by atoms with E-state index in [-0.39, 0.29) is 6.42 Å². The Morgan fingerprint density at radius 1 is 1.60 bits per heavy atom. The minimum Gasteiger partial charge on any atom is -0.372 e. The molecule has 0 aromatic rings. The van der Waals surface area contributed by atoms with Gasteiger partial charge in [-0.3, -0.25) is 4.79 Å². The zero-order valence-electron chi connectivity index (χ0n) is 5.85. The first-order chi connectivity index (χ1) is 4.81. The van der Waals surface area contributed by atoms with Crippen LogP contribution in [0.4, 0.5) is 0 Å². The molecule has 0 spiro atoms. The van der Waals surface area contributed by atoms with Gasteiger partial charge in [-0.15, -0.1) is 0 Å². The van der Waals surface area contributed by atoms with Crippen LogP contribution < -0.4 is 0 Å². The van der Waals surface area contributed by atoms with Crippen LogP contribution in [-0.4, -0.2) is 12.6 Å².